The van der Waals surface area contributed by atoms with Gasteiger partial charge in [-0.25, -0.2) is 0 Å². The first kappa shape index (κ1) is 17.4. The number of likely N-dealkylation sites (tertiary alicyclic amines) is 1. The highest BCUT2D eigenvalue weighted by atomic mass is 16.3. The Balaban J connectivity index is 1.58. The van der Waals surface area contributed by atoms with Crippen LogP contribution in [-0.2, 0) is 11.3 Å². The van der Waals surface area contributed by atoms with Crippen molar-refractivity contribution >= 4 is 5.91 Å². The van der Waals surface area contributed by atoms with Gasteiger partial charge in [0.05, 0.1) is 12.1 Å². The molecule has 0 radical (unpaired) electrons. The third-order valence-corrected chi connectivity index (χ3v) is 5.66. The second-order valence-corrected chi connectivity index (χ2v) is 7.96. The van der Waals surface area contributed by atoms with Crippen LogP contribution in [0.4, 0.5) is 0 Å². The van der Waals surface area contributed by atoms with E-state index in [9.17, 15) is 9.90 Å². The van der Waals surface area contributed by atoms with Gasteiger partial charge in [0.25, 0.3) is 0 Å². The number of aliphatic hydroxyl groups excluding tert-OH is 1. The van der Waals surface area contributed by atoms with Gasteiger partial charge < -0.3 is 10.4 Å². The largest absolute Gasteiger partial charge is 0.391 e. The quantitative estimate of drug-likeness (QED) is 0.892. The maximum Gasteiger partial charge on any atom is 0.217 e. The molecule has 1 aliphatic heterocycles. The lowest BCUT2D eigenvalue weighted by Gasteiger charge is -2.35. The van der Waals surface area contributed by atoms with Gasteiger partial charge in [-0.05, 0) is 41.7 Å². The molecule has 1 saturated heterocycles. The summed E-state index contributed by atoms with van der Waals surface area (Å²) in [5.74, 6) is 1.67. The number of rotatable bonds is 4. The summed E-state index contributed by atoms with van der Waals surface area (Å²) in [4.78, 5) is 13.8. The maximum absolute atomic E-state index is 11.3. The number of nitrogens with one attached hydrogen (secondary N) is 1. The molecule has 24 heavy (non-hydrogen) atoms. The van der Waals surface area contributed by atoms with Crippen LogP contribution in [-0.4, -0.2) is 41.1 Å². The van der Waals surface area contributed by atoms with E-state index in [-0.39, 0.29) is 11.9 Å². The second kappa shape index (κ2) is 7.24. The smallest absolute Gasteiger partial charge is 0.217 e. The standard InChI is InChI=1S/C20H30N2O2/c1-13(2)16-6-4-15(5-7-16)10-22-11-17-8-19(21-14(3)23)20(24)9-18(17)12-22/h4-7,13,17-20,24H,8-12H2,1-3H3,(H,21,23)/t17-,18+,19-,20-/m1/s1. The number of carbonyl (C=O) groups excluding carboxylic acids is 1. The van der Waals surface area contributed by atoms with Crippen LogP contribution in [0.5, 0.6) is 0 Å². The molecule has 0 spiro atoms. The van der Waals surface area contributed by atoms with Crippen LogP contribution >= 0.6 is 0 Å². The number of amides is 1. The molecule has 132 valence electrons. The van der Waals surface area contributed by atoms with E-state index in [4.69, 9.17) is 0 Å². The van der Waals surface area contributed by atoms with Crippen LogP contribution in [0.25, 0.3) is 0 Å². The molecule has 1 aromatic rings. The SMILES string of the molecule is CC(=O)N[C@@H]1C[C@@H]2CN(Cc3ccc(C(C)C)cc3)C[C@@H]2C[C@H]1O. The molecule has 2 N–H and O–H groups in total. The lowest BCUT2D eigenvalue weighted by atomic mass is 9.77. The molecule has 4 nitrogen and oxygen atoms in total. The minimum Gasteiger partial charge on any atom is -0.391 e. The van der Waals surface area contributed by atoms with Crippen molar-refractivity contribution in [2.24, 2.45) is 11.8 Å². The molecule has 3 rings (SSSR count). The zero-order valence-corrected chi connectivity index (χ0v) is 15.0. The average molecular weight is 330 g/mol. The maximum atomic E-state index is 11.3. The van der Waals surface area contributed by atoms with E-state index in [0.29, 0.717) is 17.8 Å². The van der Waals surface area contributed by atoms with Gasteiger partial charge in [0.15, 0.2) is 0 Å². The van der Waals surface area contributed by atoms with Crippen LogP contribution in [0.3, 0.4) is 0 Å². The molecule has 2 aliphatic rings. The molecule has 4 atom stereocenters. The van der Waals surface area contributed by atoms with E-state index in [0.717, 1.165) is 32.5 Å². The normalized spacial score (nSPS) is 30.4. The molecule has 2 fully saturated rings. The Hall–Kier alpha value is -1.39. The monoisotopic (exact) mass is 330 g/mol. The lowest BCUT2D eigenvalue weighted by Crippen LogP contribution is -2.48. The fraction of sp³-hybridized carbons (Fsp3) is 0.650. The number of benzene rings is 1. The molecule has 1 saturated carbocycles. The third-order valence-electron chi connectivity index (χ3n) is 5.66. The summed E-state index contributed by atoms with van der Waals surface area (Å²) in [5, 5.41) is 13.2. The predicted octanol–water partition coefficient (Wildman–Crippen LogP) is 2.52. The Bertz CT molecular complexity index is 570. The van der Waals surface area contributed by atoms with Crippen LogP contribution in [0.1, 0.15) is 50.7 Å². The van der Waals surface area contributed by atoms with Gasteiger partial charge >= 0.3 is 0 Å². The molecule has 4 heteroatoms. The van der Waals surface area contributed by atoms with Crippen molar-refractivity contribution in [3.8, 4) is 0 Å². The molecule has 1 aromatic carbocycles. The molecule has 0 aromatic heterocycles. The summed E-state index contributed by atoms with van der Waals surface area (Å²) in [5.41, 5.74) is 2.74. The summed E-state index contributed by atoms with van der Waals surface area (Å²) >= 11 is 0. The summed E-state index contributed by atoms with van der Waals surface area (Å²) in [6.07, 6.45) is 1.30. The number of fused-ring (bicyclic) bond motifs is 1. The zero-order chi connectivity index (χ0) is 17.3. The molecule has 1 amide bonds. The molecular formula is C20H30N2O2. The van der Waals surface area contributed by atoms with Crippen LogP contribution in [0.15, 0.2) is 24.3 Å². The van der Waals surface area contributed by atoms with Gasteiger partial charge in [-0.15, -0.1) is 0 Å². The number of aliphatic hydroxyl groups is 1. The second-order valence-electron chi connectivity index (χ2n) is 7.96. The predicted molar refractivity (Wildman–Crippen MR) is 95.6 cm³/mol. The fourth-order valence-corrected chi connectivity index (χ4v) is 4.34. The van der Waals surface area contributed by atoms with E-state index < -0.39 is 6.10 Å². The Kier molecular flexibility index (Phi) is 5.26. The Labute approximate surface area is 145 Å². The van der Waals surface area contributed by atoms with Crippen LogP contribution < -0.4 is 5.32 Å². The number of hydrogen-bond donors (Lipinski definition) is 2. The molecular weight excluding hydrogens is 300 g/mol. The van der Waals surface area contributed by atoms with Crippen molar-refractivity contribution in [3.05, 3.63) is 35.4 Å². The highest BCUT2D eigenvalue weighted by Crippen LogP contribution is 2.37. The van der Waals surface area contributed by atoms with E-state index >= 15 is 0 Å². The number of carbonyl (C=O) groups is 1. The first-order valence-corrected chi connectivity index (χ1v) is 9.18. The molecule has 0 bridgehead atoms. The Morgan fingerprint density at radius 1 is 1.21 bits per heavy atom. The van der Waals surface area contributed by atoms with Gasteiger partial charge in [0.1, 0.15) is 0 Å². The first-order valence-electron chi connectivity index (χ1n) is 9.18. The topological polar surface area (TPSA) is 52.6 Å². The van der Waals surface area contributed by atoms with Gasteiger partial charge in [-0.1, -0.05) is 38.1 Å². The minimum absolute atomic E-state index is 0.0439. The van der Waals surface area contributed by atoms with Gasteiger partial charge in [-0.2, -0.15) is 0 Å². The van der Waals surface area contributed by atoms with Crippen molar-refractivity contribution in [2.45, 2.75) is 58.2 Å². The van der Waals surface area contributed by atoms with Gasteiger partial charge in [0, 0.05) is 26.6 Å². The van der Waals surface area contributed by atoms with E-state index in [1.165, 1.54) is 18.1 Å². The first-order chi connectivity index (χ1) is 11.4. The van der Waals surface area contributed by atoms with E-state index in [1.54, 1.807) is 0 Å². The van der Waals surface area contributed by atoms with Crippen molar-refractivity contribution < 1.29 is 9.90 Å². The lowest BCUT2D eigenvalue weighted by molar-refractivity contribution is -0.121. The summed E-state index contributed by atoms with van der Waals surface area (Å²) in [6.45, 7) is 9.07. The van der Waals surface area contributed by atoms with Crippen LogP contribution in [0, 0.1) is 11.8 Å². The summed E-state index contributed by atoms with van der Waals surface area (Å²) < 4.78 is 0. The average Bonchev–Trinajstić information content (AvgIpc) is 2.88. The zero-order valence-electron chi connectivity index (χ0n) is 15.0. The van der Waals surface area contributed by atoms with Crippen molar-refractivity contribution in [3.63, 3.8) is 0 Å². The van der Waals surface area contributed by atoms with Crippen molar-refractivity contribution in [2.75, 3.05) is 13.1 Å². The summed E-state index contributed by atoms with van der Waals surface area (Å²) in [6, 6.07) is 8.88. The highest BCUT2D eigenvalue weighted by Gasteiger charge is 2.41. The Morgan fingerprint density at radius 3 is 2.42 bits per heavy atom. The van der Waals surface area contributed by atoms with Crippen molar-refractivity contribution in [1.82, 2.24) is 10.2 Å². The number of hydrogen-bond acceptors (Lipinski definition) is 3. The molecule has 1 aliphatic carbocycles. The van der Waals surface area contributed by atoms with Gasteiger partial charge in [-0.3, -0.25) is 9.69 Å². The highest BCUT2D eigenvalue weighted by molar-refractivity contribution is 5.73. The third kappa shape index (κ3) is 3.98. The summed E-state index contributed by atoms with van der Waals surface area (Å²) in [7, 11) is 0. The molecule has 0 unspecified atom stereocenters. The molecule has 1 heterocycles. The Morgan fingerprint density at radius 2 is 1.83 bits per heavy atom. The fourth-order valence-electron chi connectivity index (χ4n) is 4.34. The van der Waals surface area contributed by atoms with Crippen molar-refractivity contribution in [1.29, 1.82) is 0 Å². The minimum atomic E-state index is -0.402. The van der Waals surface area contributed by atoms with E-state index in [1.807, 2.05) is 0 Å². The van der Waals surface area contributed by atoms with Gasteiger partial charge in [0.2, 0.25) is 5.91 Å². The number of nitrogens with zero attached hydrogens (tertiary/aromatic N) is 1. The van der Waals surface area contributed by atoms with Crippen LogP contribution in [0.2, 0.25) is 0 Å². The van der Waals surface area contributed by atoms with E-state index in [2.05, 4.69) is 48.3 Å².